The molecule has 29 heavy (non-hydrogen) atoms. The fourth-order valence-electron chi connectivity index (χ4n) is 3.12. The summed E-state index contributed by atoms with van der Waals surface area (Å²) < 4.78 is 36.7. The lowest BCUT2D eigenvalue weighted by Gasteiger charge is -2.23. The first-order valence-electron chi connectivity index (χ1n) is 9.51. The smallest absolute Gasteiger partial charge is 0.343 e. The number of benzene rings is 2. The van der Waals surface area contributed by atoms with E-state index in [1.165, 1.54) is 12.1 Å². The lowest BCUT2D eigenvalue weighted by Crippen LogP contribution is -2.34. The van der Waals surface area contributed by atoms with Crippen molar-refractivity contribution in [2.75, 3.05) is 6.54 Å². The highest BCUT2D eigenvalue weighted by Gasteiger charge is 2.32. The molecule has 2 aromatic carbocycles. The highest BCUT2D eigenvalue weighted by atomic mass is 19.4. The molecule has 3 rings (SSSR count). The quantitative estimate of drug-likeness (QED) is 0.758. The highest BCUT2D eigenvalue weighted by molar-refractivity contribution is 5.94. The van der Waals surface area contributed by atoms with Crippen LogP contribution in [0.2, 0.25) is 0 Å². The van der Waals surface area contributed by atoms with Crippen molar-refractivity contribution in [1.82, 2.24) is 10.2 Å². The Balaban J connectivity index is 1.63. The Labute approximate surface area is 167 Å². The summed E-state index contributed by atoms with van der Waals surface area (Å²) in [6.45, 7) is 1.03. The fourth-order valence-corrected chi connectivity index (χ4v) is 3.12. The Kier molecular flexibility index (Phi) is 6.25. The molecule has 0 heterocycles. The van der Waals surface area contributed by atoms with Crippen LogP contribution in [0.5, 0.6) is 0 Å². The molecule has 1 fully saturated rings. The van der Waals surface area contributed by atoms with E-state index in [0.717, 1.165) is 29.5 Å². The third kappa shape index (κ3) is 6.07. The molecule has 154 valence electrons. The standard InChI is InChI=1S/C22H23F3N2O2/c1-15-4-2-3-5-18(15)12-20(28)27(19-10-11-19)13-16-6-8-17(9-7-16)21(29)26-14-22(23,24)25/h2-9,19H,10-14H2,1H3,(H,26,29). The van der Waals surface area contributed by atoms with Gasteiger partial charge in [-0.05, 0) is 48.6 Å². The molecular formula is C22H23F3N2O2. The topological polar surface area (TPSA) is 49.4 Å². The van der Waals surface area contributed by atoms with Gasteiger partial charge in [-0.3, -0.25) is 9.59 Å². The monoisotopic (exact) mass is 404 g/mol. The second-order valence-electron chi connectivity index (χ2n) is 7.35. The van der Waals surface area contributed by atoms with Gasteiger partial charge in [0.1, 0.15) is 6.54 Å². The predicted octanol–water partition coefficient (Wildman–Crippen LogP) is 4.02. The largest absolute Gasteiger partial charge is 0.405 e. The van der Waals surface area contributed by atoms with Crippen molar-refractivity contribution in [3.8, 4) is 0 Å². The Morgan fingerprint density at radius 1 is 1.07 bits per heavy atom. The van der Waals surface area contributed by atoms with Crippen molar-refractivity contribution in [2.45, 2.75) is 44.9 Å². The van der Waals surface area contributed by atoms with Crippen LogP contribution < -0.4 is 5.32 Å². The van der Waals surface area contributed by atoms with Crippen molar-refractivity contribution >= 4 is 11.8 Å². The van der Waals surface area contributed by atoms with Gasteiger partial charge in [-0.25, -0.2) is 0 Å². The van der Waals surface area contributed by atoms with E-state index in [1.54, 1.807) is 12.1 Å². The number of nitrogens with zero attached hydrogens (tertiary/aromatic N) is 1. The maximum absolute atomic E-state index is 12.9. The highest BCUT2D eigenvalue weighted by Crippen LogP contribution is 2.29. The minimum absolute atomic E-state index is 0.0498. The molecule has 7 heteroatoms. The summed E-state index contributed by atoms with van der Waals surface area (Å²) in [7, 11) is 0. The summed E-state index contributed by atoms with van der Waals surface area (Å²) >= 11 is 0. The van der Waals surface area contributed by atoms with E-state index in [2.05, 4.69) is 0 Å². The van der Waals surface area contributed by atoms with Crippen molar-refractivity contribution < 1.29 is 22.8 Å². The minimum atomic E-state index is -4.45. The van der Waals surface area contributed by atoms with Crippen LogP contribution in [0.1, 0.15) is 39.9 Å². The van der Waals surface area contributed by atoms with Gasteiger partial charge >= 0.3 is 6.18 Å². The number of carbonyl (C=O) groups excluding carboxylic acids is 2. The van der Waals surface area contributed by atoms with E-state index in [0.29, 0.717) is 13.0 Å². The Morgan fingerprint density at radius 3 is 2.31 bits per heavy atom. The Morgan fingerprint density at radius 2 is 1.72 bits per heavy atom. The molecule has 0 aromatic heterocycles. The number of rotatable bonds is 7. The van der Waals surface area contributed by atoms with Crippen molar-refractivity contribution in [2.24, 2.45) is 0 Å². The summed E-state index contributed by atoms with van der Waals surface area (Å²) in [6.07, 6.45) is -2.17. The molecular weight excluding hydrogens is 381 g/mol. The molecule has 1 N–H and O–H groups in total. The molecule has 0 aliphatic heterocycles. The molecule has 1 saturated carbocycles. The van der Waals surface area contributed by atoms with E-state index >= 15 is 0 Å². The van der Waals surface area contributed by atoms with Gasteiger partial charge in [0, 0.05) is 18.2 Å². The molecule has 1 aliphatic rings. The van der Waals surface area contributed by atoms with Crippen LogP contribution in [0.15, 0.2) is 48.5 Å². The first kappa shape index (κ1) is 20.9. The number of alkyl halides is 3. The van der Waals surface area contributed by atoms with Crippen molar-refractivity contribution in [1.29, 1.82) is 0 Å². The van der Waals surface area contributed by atoms with Crippen LogP contribution in [0.3, 0.4) is 0 Å². The Bertz CT molecular complexity index is 874. The summed E-state index contributed by atoms with van der Waals surface area (Å²) in [5.41, 5.74) is 3.07. The molecule has 0 radical (unpaired) electrons. The average Bonchev–Trinajstić information content (AvgIpc) is 3.51. The Hall–Kier alpha value is -2.83. The lowest BCUT2D eigenvalue weighted by molar-refractivity contribution is -0.131. The van der Waals surface area contributed by atoms with Crippen LogP contribution >= 0.6 is 0 Å². The van der Waals surface area contributed by atoms with Gasteiger partial charge in [0.05, 0.1) is 6.42 Å². The normalized spacial score (nSPS) is 13.8. The summed E-state index contributed by atoms with van der Waals surface area (Å²) in [5, 5.41) is 1.85. The number of hydrogen-bond donors (Lipinski definition) is 1. The summed E-state index contributed by atoms with van der Waals surface area (Å²) in [4.78, 5) is 26.5. The minimum Gasteiger partial charge on any atom is -0.343 e. The molecule has 0 unspecified atom stereocenters. The maximum atomic E-state index is 12.9. The SMILES string of the molecule is Cc1ccccc1CC(=O)N(Cc1ccc(C(=O)NCC(F)(F)F)cc1)C1CC1. The zero-order valence-electron chi connectivity index (χ0n) is 16.1. The summed E-state index contributed by atoms with van der Waals surface area (Å²) in [6, 6.07) is 14.3. The van der Waals surface area contributed by atoms with Crippen molar-refractivity contribution in [3.05, 3.63) is 70.8 Å². The van der Waals surface area contributed by atoms with Crippen LogP contribution in [0.25, 0.3) is 0 Å². The first-order chi connectivity index (χ1) is 13.7. The number of carbonyl (C=O) groups is 2. The molecule has 0 atom stereocenters. The van der Waals surface area contributed by atoms with Crippen LogP contribution in [0.4, 0.5) is 13.2 Å². The van der Waals surface area contributed by atoms with Gasteiger partial charge in [-0.15, -0.1) is 0 Å². The van der Waals surface area contributed by atoms with Gasteiger partial charge in [0.25, 0.3) is 5.91 Å². The van der Waals surface area contributed by atoms with Crippen molar-refractivity contribution in [3.63, 3.8) is 0 Å². The average molecular weight is 404 g/mol. The zero-order chi connectivity index (χ0) is 21.0. The lowest BCUT2D eigenvalue weighted by atomic mass is 10.0. The van der Waals surface area contributed by atoms with E-state index in [1.807, 2.05) is 41.4 Å². The number of nitrogens with one attached hydrogen (secondary N) is 1. The second kappa shape index (κ2) is 8.68. The van der Waals surface area contributed by atoms with Gasteiger partial charge in [0.15, 0.2) is 0 Å². The van der Waals surface area contributed by atoms with E-state index in [9.17, 15) is 22.8 Å². The number of aryl methyl sites for hydroxylation is 1. The van der Waals surface area contributed by atoms with Gasteiger partial charge < -0.3 is 10.2 Å². The number of hydrogen-bond acceptors (Lipinski definition) is 2. The van der Waals surface area contributed by atoms with E-state index in [-0.39, 0.29) is 17.5 Å². The zero-order valence-corrected chi connectivity index (χ0v) is 16.1. The number of halogens is 3. The molecule has 4 nitrogen and oxygen atoms in total. The predicted molar refractivity (Wildman–Crippen MR) is 103 cm³/mol. The molecule has 0 saturated heterocycles. The summed E-state index contributed by atoms with van der Waals surface area (Å²) in [5.74, 6) is -0.725. The van der Waals surface area contributed by atoms with E-state index in [4.69, 9.17) is 0 Å². The third-order valence-corrected chi connectivity index (χ3v) is 4.93. The molecule has 1 aliphatic carbocycles. The fraction of sp³-hybridized carbons (Fsp3) is 0.364. The van der Waals surface area contributed by atoms with Crippen LogP contribution in [-0.2, 0) is 17.8 Å². The number of amides is 2. The molecule has 2 aromatic rings. The molecule has 2 amide bonds. The van der Waals surface area contributed by atoms with Gasteiger partial charge in [-0.1, -0.05) is 36.4 Å². The molecule has 0 spiro atoms. The second-order valence-corrected chi connectivity index (χ2v) is 7.35. The van der Waals surface area contributed by atoms with Crippen LogP contribution in [0, 0.1) is 6.92 Å². The van der Waals surface area contributed by atoms with E-state index < -0.39 is 18.6 Å². The third-order valence-electron chi connectivity index (χ3n) is 4.93. The van der Waals surface area contributed by atoms with Gasteiger partial charge in [-0.2, -0.15) is 13.2 Å². The maximum Gasteiger partial charge on any atom is 0.405 e. The van der Waals surface area contributed by atoms with Crippen LogP contribution in [-0.4, -0.2) is 35.5 Å². The first-order valence-corrected chi connectivity index (χ1v) is 9.51. The van der Waals surface area contributed by atoms with Gasteiger partial charge in [0.2, 0.25) is 5.91 Å². The molecule has 0 bridgehead atoms.